The van der Waals surface area contributed by atoms with Gasteiger partial charge in [-0.2, -0.15) is 5.10 Å². The lowest BCUT2D eigenvalue weighted by molar-refractivity contribution is 0.415. The van der Waals surface area contributed by atoms with Crippen LogP contribution in [-0.2, 0) is 13.6 Å². The molecule has 0 spiro atoms. The third-order valence-electron chi connectivity index (χ3n) is 4.59. The van der Waals surface area contributed by atoms with Gasteiger partial charge in [0, 0.05) is 44.4 Å². The fourth-order valence-corrected chi connectivity index (χ4v) is 3.31. The van der Waals surface area contributed by atoms with Gasteiger partial charge in [0.1, 0.15) is 5.75 Å². The average Bonchev–Trinajstić information content (AvgIpc) is 3.27. The first-order chi connectivity index (χ1) is 12.6. The summed E-state index contributed by atoms with van der Waals surface area (Å²) in [6, 6.07) is 8.00. The fraction of sp³-hybridized carbons (Fsp3) is 0.444. The molecular formula is C18H26ClIN6O. The van der Waals surface area contributed by atoms with Crippen molar-refractivity contribution in [3.05, 3.63) is 41.2 Å². The van der Waals surface area contributed by atoms with Crippen molar-refractivity contribution in [2.45, 2.75) is 19.0 Å². The highest BCUT2D eigenvalue weighted by Crippen LogP contribution is 2.33. The Morgan fingerprint density at radius 3 is 2.89 bits per heavy atom. The maximum atomic E-state index is 6.16. The molecular weight excluding hydrogens is 479 g/mol. The van der Waals surface area contributed by atoms with Gasteiger partial charge in [0.05, 0.1) is 25.0 Å². The minimum absolute atomic E-state index is 0. The molecule has 0 saturated carbocycles. The second-order valence-electron chi connectivity index (χ2n) is 6.26. The molecule has 1 fully saturated rings. The Hall–Kier alpha value is -1.68. The van der Waals surface area contributed by atoms with Crippen molar-refractivity contribution in [3.63, 3.8) is 0 Å². The molecule has 0 aliphatic carbocycles. The topological polar surface area (TPSA) is 66.7 Å². The van der Waals surface area contributed by atoms with Crippen LogP contribution < -0.4 is 20.3 Å². The Morgan fingerprint density at radius 1 is 1.41 bits per heavy atom. The molecule has 1 aromatic carbocycles. The zero-order valence-corrected chi connectivity index (χ0v) is 18.9. The quantitative estimate of drug-likeness (QED) is 0.372. The Balaban J connectivity index is 0.00000261. The van der Waals surface area contributed by atoms with E-state index in [1.807, 2.05) is 36.0 Å². The highest BCUT2D eigenvalue weighted by Gasteiger charge is 2.25. The molecule has 9 heteroatoms. The highest BCUT2D eigenvalue weighted by atomic mass is 127. The zero-order valence-electron chi connectivity index (χ0n) is 15.8. The lowest BCUT2D eigenvalue weighted by atomic mass is 10.2. The molecule has 27 heavy (non-hydrogen) atoms. The third kappa shape index (κ3) is 5.41. The number of aryl methyl sites for hydroxylation is 1. The number of halogens is 2. The van der Waals surface area contributed by atoms with Gasteiger partial charge >= 0.3 is 0 Å². The predicted octanol–water partition coefficient (Wildman–Crippen LogP) is 2.64. The van der Waals surface area contributed by atoms with Crippen LogP contribution in [0.15, 0.2) is 35.5 Å². The van der Waals surface area contributed by atoms with E-state index in [0.29, 0.717) is 17.6 Å². The van der Waals surface area contributed by atoms with Crippen LogP contribution in [0.4, 0.5) is 5.69 Å². The van der Waals surface area contributed by atoms with Gasteiger partial charge in [-0.15, -0.1) is 24.0 Å². The molecule has 2 aromatic rings. The molecule has 2 N–H and O–H groups in total. The number of hydrogen-bond donors (Lipinski definition) is 2. The molecule has 7 nitrogen and oxygen atoms in total. The summed E-state index contributed by atoms with van der Waals surface area (Å²) in [6.45, 7) is 2.48. The van der Waals surface area contributed by atoms with Crippen LogP contribution in [0.5, 0.6) is 5.75 Å². The number of anilines is 1. The summed E-state index contributed by atoms with van der Waals surface area (Å²) in [5.74, 6) is 1.63. The Kier molecular flexibility index (Phi) is 8.03. The summed E-state index contributed by atoms with van der Waals surface area (Å²) in [5, 5.41) is 11.7. The van der Waals surface area contributed by atoms with E-state index < -0.39 is 0 Å². The summed E-state index contributed by atoms with van der Waals surface area (Å²) >= 11 is 6.16. The number of aliphatic imine (C=N–C) groups is 1. The predicted molar refractivity (Wildman–Crippen MR) is 121 cm³/mol. The highest BCUT2D eigenvalue weighted by molar-refractivity contribution is 14.0. The first-order valence-corrected chi connectivity index (χ1v) is 9.01. The number of nitrogens with one attached hydrogen (secondary N) is 2. The van der Waals surface area contributed by atoms with E-state index >= 15 is 0 Å². The van der Waals surface area contributed by atoms with Crippen molar-refractivity contribution in [2.75, 3.05) is 32.1 Å². The third-order valence-corrected chi connectivity index (χ3v) is 4.83. The summed E-state index contributed by atoms with van der Waals surface area (Å²) in [4.78, 5) is 6.62. The molecule has 0 amide bonds. The number of rotatable bonds is 5. The molecule has 0 radical (unpaired) electrons. The van der Waals surface area contributed by atoms with Gasteiger partial charge in [0.15, 0.2) is 5.96 Å². The minimum atomic E-state index is 0. The molecule has 1 aromatic heterocycles. The van der Waals surface area contributed by atoms with Gasteiger partial charge in [-0.3, -0.25) is 9.67 Å². The standard InChI is InChI=1S/C18H25ClN6O.HI/c1-20-18(21-11-15-6-8-22-24(15)2)23-14-7-9-25(12-14)16-10-13(19)4-5-17(16)26-3;/h4-6,8,10,14H,7,9,11-12H2,1-3H3,(H2,20,21,23);1H. The number of benzene rings is 1. The van der Waals surface area contributed by atoms with Crippen molar-refractivity contribution < 1.29 is 4.74 Å². The maximum absolute atomic E-state index is 6.16. The van der Waals surface area contributed by atoms with Gasteiger partial charge in [0.25, 0.3) is 0 Å². The Morgan fingerprint density at radius 2 is 2.22 bits per heavy atom. The minimum Gasteiger partial charge on any atom is -0.495 e. The van der Waals surface area contributed by atoms with E-state index in [-0.39, 0.29) is 24.0 Å². The van der Waals surface area contributed by atoms with Crippen LogP contribution in [-0.4, -0.2) is 49.0 Å². The van der Waals surface area contributed by atoms with Crippen LogP contribution in [0.1, 0.15) is 12.1 Å². The van der Waals surface area contributed by atoms with Crippen molar-refractivity contribution in [2.24, 2.45) is 12.0 Å². The first-order valence-electron chi connectivity index (χ1n) is 8.63. The van der Waals surface area contributed by atoms with Crippen LogP contribution in [0.25, 0.3) is 0 Å². The first kappa shape index (κ1) is 21.6. The Bertz CT molecular complexity index is 781. The lowest BCUT2D eigenvalue weighted by Crippen LogP contribution is -2.44. The van der Waals surface area contributed by atoms with E-state index in [2.05, 4.69) is 25.6 Å². The van der Waals surface area contributed by atoms with Crippen molar-refractivity contribution >= 4 is 47.2 Å². The van der Waals surface area contributed by atoms with Crippen LogP contribution in [0.3, 0.4) is 0 Å². The maximum Gasteiger partial charge on any atom is 0.191 e. The number of aromatic nitrogens is 2. The van der Waals surface area contributed by atoms with E-state index in [0.717, 1.165) is 42.6 Å². The Labute approximate surface area is 182 Å². The van der Waals surface area contributed by atoms with Crippen molar-refractivity contribution in [3.8, 4) is 5.75 Å². The van der Waals surface area contributed by atoms with Crippen molar-refractivity contribution in [1.29, 1.82) is 0 Å². The van der Waals surface area contributed by atoms with Crippen molar-refractivity contribution in [1.82, 2.24) is 20.4 Å². The number of guanidine groups is 1. The number of ether oxygens (including phenoxy) is 1. The molecule has 1 aliphatic heterocycles. The molecule has 2 heterocycles. The van der Waals surface area contributed by atoms with Gasteiger partial charge in [-0.1, -0.05) is 11.6 Å². The molecule has 1 aliphatic rings. The van der Waals surface area contributed by atoms with E-state index in [1.54, 1.807) is 20.4 Å². The number of nitrogens with zero attached hydrogens (tertiary/aromatic N) is 4. The van der Waals surface area contributed by atoms with Gasteiger partial charge < -0.3 is 20.3 Å². The SMILES string of the molecule is CN=C(NCc1ccnn1C)NC1CCN(c2cc(Cl)ccc2OC)C1.I. The molecule has 0 bridgehead atoms. The van der Waals surface area contributed by atoms with E-state index in [9.17, 15) is 0 Å². The number of methoxy groups -OCH3 is 1. The van der Waals surface area contributed by atoms with Crippen LogP contribution in [0, 0.1) is 0 Å². The zero-order chi connectivity index (χ0) is 18.5. The smallest absolute Gasteiger partial charge is 0.191 e. The van der Waals surface area contributed by atoms with Gasteiger partial charge in [-0.05, 0) is 30.7 Å². The average molecular weight is 505 g/mol. The normalized spacial score (nSPS) is 16.8. The summed E-state index contributed by atoms with van der Waals surface area (Å²) in [5.41, 5.74) is 2.13. The number of hydrogen-bond acceptors (Lipinski definition) is 4. The molecule has 148 valence electrons. The monoisotopic (exact) mass is 504 g/mol. The molecule has 1 saturated heterocycles. The molecule has 3 rings (SSSR count). The largest absolute Gasteiger partial charge is 0.495 e. The van der Waals surface area contributed by atoms with E-state index in [4.69, 9.17) is 16.3 Å². The lowest BCUT2D eigenvalue weighted by Gasteiger charge is -2.22. The fourth-order valence-electron chi connectivity index (χ4n) is 3.14. The molecule has 1 atom stereocenters. The summed E-state index contributed by atoms with van der Waals surface area (Å²) in [6.07, 6.45) is 2.81. The van der Waals surface area contributed by atoms with Crippen LogP contribution in [0.2, 0.25) is 5.02 Å². The summed E-state index contributed by atoms with van der Waals surface area (Å²) in [7, 11) is 5.40. The van der Waals surface area contributed by atoms with Gasteiger partial charge in [-0.25, -0.2) is 0 Å². The van der Waals surface area contributed by atoms with Gasteiger partial charge in [0.2, 0.25) is 0 Å². The molecule has 1 unspecified atom stereocenters. The van der Waals surface area contributed by atoms with E-state index in [1.165, 1.54) is 0 Å². The van der Waals surface area contributed by atoms with Crippen LogP contribution >= 0.6 is 35.6 Å². The second-order valence-corrected chi connectivity index (χ2v) is 6.70. The second kappa shape index (κ2) is 10.0. The summed E-state index contributed by atoms with van der Waals surface area (Å²) < 4.78 is 7.33.